The van der Waals surface area contributed by atoms with E-state index in [-0.39, 0.29) is 10.6 Å². The molecule has 0 atom stereocenters. The molecular formula is C13H13IN2O3S. The van der Waals surface area contributed by atoms with Crippen LogP contribution in [-0.2, 0) is 10.0 Å². The fourth-order valence-electron chi connectivity index (χ4n) is 1.58. The van der Waals surface area contributed by atoms with Crippen LogP contribution in [0, 0.1) is 3.57 Å². The van der Waals surface area contributed by atoms with E-state index in [0.29, 0.717) is 11.5 Å². The smallest absolute Gasteiger partial charge is 0.242 e. The van der Waals surface area contributed by atoms with Crippen molar-refractivity contribution >= 4 is 38.3 Å². The Kier molecular flexibility index (Phi) is 4.51. The molecule has 2 aromatic carbocycles. The van der Waals surface area contributed by atoms with Gasteiger partial charge in [0.1, 0.15) is 16.4 Å². The summed E-state index contributed by atoms with van der Waals surface area (Å²) in [5.41, 5.74) is 5.90. The summed E-state index contributed by atoms with van der Waals surface area (Å²) in [7, 11) is -2.22. The van der Waals surface area contributed by atoms with Gasteiger partial charge in [0.05, 0.1) is 5.69 Å². The first-order chi connectivity index (χ1) is 9.42. The monoisotopic (exact) mass is 404 g/mol. The van der Waals surface area contributed by atoms with E-state index < -0.39 is 10.0 Å². The zero-order valence-electron chi connectivity index (χ0n) is 10.6. The van der Waals surface area contributed by atoms with Crippen molar-refractivity contribution in [1.82, 2.24) is 4.72 Å². The Balaban J connectivity index is 2.28. The van der Waals surface area contributed by atoms with Crippen LogP contribution in [0.2, 0.25) is 0 Å². The van der Waals surface area contributed by atoms with Gasteiger partial charge in [0.25, 0.3) is 0 Å². The van der Waals surface area contributed by atoms with Gasteiger partial charge in [-0.3, -0.25) is 0 Å². The number of ether oxygens (including phenoxy) is 1. The lowest BCUT2D eigenvalue weighted by atomic mass is 10.3. The van der Waals surface area contributed by atoms with Crippen molar-refractivity contribution in [3.05, 3.63) is 46.0 Å². The maximum absolute atomic E-state index is 11.7. The van der Waals surface area contributed by atoms with Crippen LogP contribution >= 0.6 is 22.6 Å². The maximum atomic E-state index is 11.7. The Labute approximate surface area is 131 Å². The largest absolute Gasteiger partial charge is 0.457 e. The molecule has 0 aliphatic carbocycles. The summed E-state index contributed by atoms with van der Waals surface area (Å²) in [6.07, 6.45) is 0. The third kappa shape index (κ3) is 3.41. The first kappa shape index (κ1) is 15.1. The molecule has 0 saturated heterocycles. The lowest BCUT2D eigenvalue weighted by molar-refractivity contribution is 0.482. The molecular weight excluding hydrogens is 391 g/mol. The van der Waals surface area contributed by atoms with Crippen LogP contribution < -0.4 is 15.2 Å². The van der Waals surface area contributed by atoms with Gasteiger partial charge in [0.15, 0.2) is 0 Å². The fourth-order valence-corrected chi connectivity index (χ4v) is 2.78. The van der Waals surface area contributed by atoms with Gasteiger partial charge in [0, 0.05) is 9.64 Å². The zero-order valence-corrected chi connectivity index (χ0v) is 13.6. The highest BCUT2D eigenvalue weighted by atomic mass is 127. The Bertz CT molecular complexity index is 715. The molecule has 106 valence electrons. The van der Waals surface area contributed by atoms with Crippen LogP contribution in [0.5, 0.6) is 11.5 Å². The van der Waals surface area contributed by atoms with Crippen molar-refractivity contribution in [3.8, 4) is 11.5 Å². The summed E-state index contributed by atoms with van der Waals surface area (Å²) in [5.74, 6) is 1.15. The summed E-state index contributed by atoms with van der Waals surface area (Å²) < 4.78 is 32.3. The average molecular weight is 404 g/mol. The molecule has 0 unspecified atom stereocenters. The van der Waals surface area contributed by atoms with E-state index in [2.05, 4.69) is 27.3 Å². The van der Waals surface area contributed by atoms with Gasteiger partial charge >= 0.3 is 0 Å². The van der Waals surface area contributed by atoms with E-state index in [0.717, 1.165) is 3.57 Å². The second kappa shape index (κ2) is 5.98. The Hall–Kier alpha value is -1.32. The molecule has 2 rings (SSSR count). The number of rotatable bonds is 4. The van der Waals surface area contributed by atoms with E-state index in [1.165, 1.54) is 19.2 Å². The number of nitrogens with one attached hydrogen (secondary N) is 1. The zero-order chi connectivity index (χ0) is 14.8. The van der Waals surface area contributed by atoms with Gasteiger partial charge in [-0.1, -0.05) is 0 Å². The standard InChI is InChI=1S/C13H13IN2O3S/c1-16-20(17,18)13-7-6-11(8-12(13)15)19-10-4-2-9(14)3-5-10/h2-8,16H,15H2,1H3. The molecule has 5 nitrogen and oxygen atoms in total. The number of benzene rings is 2. The van der Waals surface area contributed by atoms with Gasteiger partial charge < -0.3 is 10.5 Å². The minimum absolute atomic E-state index is 0.0370. The van der Waals surface area contributed by atoms with E-state index >= 15 is 0 Å². The fraction of sp³-hybridized carbons (Fsp3) is 0.0769. The second-order valence-electron chi connectivity index (χ2n) is 3.96. The lowest BCUT2D eigenvalue weighted by Crippen LogP contribution is -2.19. The Morgan fingerprint density at radius 3 is 2.25 bits per heavy atom. The highest BCUT2D eigenvalue weighted by Crippen LogP contribution is 2.27. The predicted octanol–water partition coefficient (Wildman–Crippen LogP) is 2.57. The van der Waals surface area contributed by atoms with Crippen molar-refractivity contribution < 1.29 is 13.2 Å². The van der Waals surface area contributed by atoms with Gasteiger partial charge in [0.2, 0.25) is 10.0 Å². The molecule has 7 heteroatoms. The molecule has 0 bridgehead atoms. The van der Waals surface area contributed by atoms with Crippen molar-refractivity contribution in [2.75, 3.05) is 12.8 Å². The molecule has 0 heterocycles. The van der Waals surface area contributed by atoms with Crippen molar-refractivity contribution in [3.63, 3.8) is 0 Å². The first-order valence-electron chi connectivity index (χ1n) is 5.69. The van der Waals surface area contributed by atoms with E-state index in [4.69, 9.17) is 10.5 Å². The van der Waals surface area contributed by atoms with E-state index in [1.54, 1.807) is 6.07 Å². The quantitative estimate of drug-likeness (QED) is 0.607. The molecule has 0 spiro atoms. The van der Waals surface area contributed by atoms with Crippen LogP contribution in [-0.4, -0.2) is 15.5 Å². The molecule has 0 fully saturated rings. The number of anilines is 1. The summed E-state index contributed by atoms with van der Waals surface area (Å²) >= 11 is 2.20. The molecule has 3 N–H and O–H groups in total. The normalized spacial score (nSPS) is 11.3. The Morgan fingerprint density at radius 2 is 1.70 bits per heavy atom. The van der Waals surface area contributed by atoms with Gasteiger partial charge in [-0.2, -0.15) is 0 Å². The van der Waals surface area contributed by atoms with Gasteiger partial charge in [-0.25, -0.2) is 13.1 Å². The van der Waals surface area contributed by atoms with Crippen LogP contribution in [0.15, 0.2) is 47.4 Å². The number of nitrogen functional groups attached to an aromatic ring is 1. The van der Waals surface area contributed by atoms with Crippen molar-refractivity contribution in [1.29, 1.82) is 0 Å². The van der Waals surface area contributed by atoms with E-state index in [1.807, 2.05) is 24.3 Å². The molecule has 20 heavy (non-hydrogen) atoms. The van der Waals surface area contributed by atoms with Crippen LogP contribution in [0.4, 0.5) is 5.69 Å². The summed E-state index contributed by atoms with van der Waals surface area (Å²) in [6.45, 7) is 0. The van der Waals surface area contributed by atoms with Gasteiger partial charge in [-0.05, 0) is 66.0 Å². The molecule has 0 aliphatic heterocycles. The summed E-state index contributed by atoms with van der Waals surface area (Å²) in [5, 5.41) is 0. The maximum Gasteiger partial charge on any atom is 0.242 e. The van der Waals surface area contributed by atoms with Crippen molar-refractivity contribution in [2.24, 2.45) is 0 Å². The SMILES string of the molecule is CNS(=O)(=O)c1ccc(Oc2ccc(I)cc2)cc1N. The highest BCUT2D eigenvalue weighted by molar-refractivity contribution is 14.1. The van der Waals surface area contributed by atoms with Crippen molar-refractivity contribution in [2.45, 2.75) is 4.90 Å². The lowest BCUT2D eigenvalue weighted by Gasteiger charge is -2.10. The summed E-state index contributed by atoms with van der Waals surface area (Å²) in [4.78, 5) is 0.0370. The number of hydrogen-bond donors (Lipinski definition) is 2. The molecule has 0 amide bonds. The molecule has 0 saturated carbocycles. The first-order valence-corrected chi connectivity index (χ1v) is 8.25. The molecule has 0 radical (unpaired) electrons. The average Bonchev–Trinajstić information content (AvgIpc) is 2.41. The predicted molar refractivity (Wildman–Crippen MR) is 86.3 cm³/mol. The molecule has 2 aromatic rings. The Morgan fingerprint density at radius 1 is 1.10 bits per heavy atom. The van der Waals surface area contributed by atoms with Crippen LogP contribution in [0.1, 0.15) is 0 Å². The van der Waals surface area contributed by atoms with Crippen LogP contribution in [0.3, 0.4) is 0 Å². The molecule has 0 aliphatic rings. The third-order valence-corrected chi connectivity index (χ3v) is 4.80. The van der Waals surface area contributed by atoms with E-state index in [9.17, 15) is 8.42 Å². The second-order valence-corrected chi connectivity index (χ2v) is 7.06. The van der Waals surface area contributed by atoms with Crippen LogP contribution in [0.25, 0.3) is 0 Å². The minimum Gasteiger partial charge on any atom is -0.457 e. The number of halogens is 1. The molecule has 0 aromatic heterocycles. The summed E-state index contributed by atoms with van der Waals surface area (Å²) in [6, 6.07) is 12.0. The number of sulfonamides is 1. The number of hydrogen-bond acceptors (Lipinski definition) is 4. The topological polar surface area (TPSA) is 81.4 Å². The third-order valence-electron chi connectivity index (χ3n) is 2.59. The highest BCUT2D eigenvalue weighted by Gasteiger charge is 2.15. The minimum atomic E-state index is -3.56. The number of nitrogens with two attached hydrogens (primary N) is 1. The van der Waals surface area contributed by atoms with Gasteiger partial charge in [-0.15, -0.1) is 0 Å².